The zero-order chi connectivity index (χ0) is 32.5. The average Bonchev–Trinajstić information content (AvgIpc) is 3.37. The highest BCUT2D eigenvalue weighted by molar-refractivity contribution is 5.69. The quantitative estimate of drug-likeness (QED) is 0.0918. The summed E-state index contributed by atoms with van der Waals surface area (Å²) in [7, 11) is 0. The van der Waals surface area contributed by atoms with Crippen molar-refractivity contribution in [2.24, 2.45) is 52.3 Å². The molecule has 0 N–H and O–H groups in total. The Bertz CT molecular complexity index is 1000. The van der Waals surface area contributed by atoms with Gasteiger partial charge in [-0.1, -0.05) is 117 Å². The molecule has 0 amide bonds. The Morgan fingerprint density at radius 3 is 2.36 bits per heavy atom. The van der Waals surface area contributed by atoms with E-state index in [0.717, 1.165) is 55.3 Å². The molecule has 0 aromatic heterocycles. The first-order valence-corrected chi connectivity index (χ1v) is 19.9. The van der Waals surface area contributed by atoms with Crippen LogP contribution >= 0.6 is 0 Å². The summed E-state index contributed by atoms with van der Waals surface area (Å²) >= 11 is 0. The Morgan fingerprint density at radius 1 is 0.889 bits per heavy atom. The molecule has 45 heavy (non-hydrogen) atoms. The lowest BCUT2D eigenvalue weighted by Gasteiger charge is -2.58. The molecule has 4 aliphatic rings. The smallest absolute Gasteiger partial charge is 0.306 e. The number of carbonyl (C=O) groups is 1. The standard InChI is InChI=1S/C43H72O2/c1-8-10-11-12-13-14-15-16-17-18-19-20-41(44)45-36-27-29-42(6)35(31-36)23-24-37-39-26-25-38(43(39,7)30-28-40(37)42)33(5)21-22-34(9-2)32(3)4/h12-13,21-23,32-34,36-40H,8-11,14-20,24-31H2,1-7H3/b13-12-,22-21+. The molecule has 0 spiro atoms. The SMILES string of the molecule is CCCC/C=C\CCCCCCCC(=O)OC1CCC2(C)C(=CCC3C2CCC2(C)C(C(C)/C=C/C(CC)C(C)C)CCC32)C1. The first-order valence-electron chi connectivity index (χ1n) is 19.9. The molecule has 2 heteroatoms. The second-order valence-corrected chi connectivity index (χ2v) is 16.8. The molecule has 0 aromatic rings. The van der Waals surface area contributed by atoms with Gasteiger partial charge in [-0.15, -0.1) is 0 Å². The van der Waals surface area contributed by atoms with Crippen molar-refractivity contribution >= 4 is 5.97 Å². The second-order valence-electron chi connectivity index (χ2n) is 16.8. The number of unbranched alkanes of at least 4 members (excludes halogenated alkanes) is 7. The number of allylic oxidation sites excluding steroid dienone is 5. The maximum atomic E-state index is 12.8. The highest BCUT2D eigenvalue weighted by Crippen LogP contribution is 2.67. The number of hydrogen-bond donors (Lipinski definition) is 0. The Balaban J connectivity index is 1.23. The summed E-state index contributed by atoms with van der Waals surface area (Å²) in [6, 6.07) is 0. The monoisotopic (exact) mass is 621 g/mol. The number of ether oxygens (including phenoxy) is 1. The first-order chi connectivity index (χ1) is 21.6. The number of esters is 1. The molecule has 0 saturated heterocycles. The minimum Gasteiger partial charge on any atom is -0.462 e. The maximum Gasteiger partial charge on any atom is 0.306 e. The van der Waals surface area contributed by atoms with Gasteiger partial charge in [0.05, 0.1) is 0 Å². The van der Waals surface area contributed by atoms with Gasteiger partial charge in [0.2, 0.25) is 0 Å². The summed E-state index contributed by atoms with van der Waals surface area (Å²) in [5, 5.41) is 0. The van der Waals surface area contributed by atoms with E-state index in [0.29, 0.717) is 29.1 Å². The lowest BCUT2D eigenvalue weighted by atomic mass is 9.47. The van der Waals surface area contributed by atoms with Crippen LogP contribution in [0.5, 0.6) is 0 Å². The van der Waals surface area contributed by atoms with Gasteiger partial charge in [0, 0.05) is 12.8 Å². The van der Waals surface area contributed by atoms with E-state index in [1.165, 1.54) is 89.9 Å². The largest absolute Gasteiger partial charge is 0.462 e. The van der Waals surface area contributed by atoms with E-state index in [-0.39, 0.29) is 12.1 Å². The van der Waals surface area contributed by atoms with Crippen molar-refractivity contribution in [3.63, 3.8) is 0 Å². The Kier molecular flexibility index (Phi) is 14.0. The molecule has 0 aromatic carbocycles. The fraction of sp³-hybridized carbons (Fsp3) is 0.837. The number of rotatable bonds is 17. The minimum absolute atomic E-state index is 0.0454. The number of hydrogen-bond acceptors (Lipinski definition) is 2. The molecule has 9 unspecified atom stereocenters. The van der Waals surface area contributed by atoms with Crippen molar-refractivity contribution < 1.29 is 9.53 Å². The lowest BCUT2D eigenvalue weighted by Crippen LogP contribution is -2.51. The summed E-state index contributed by atoms with van der Waals surface area (Å²) in [5.74, 6) is 5.53. The van der Waals surface area contributed by atoms with Gasteiger partial charge in [-0.05, 0) is 129 Å². The fourth-order valence-electron chi connectivity index (χ4n) is 10.8. The van der Waals surface area contributed by atoms with Gasteiger partial charge in [0.25, 0.3) is 0 Å². The predicted octanol–water partition coefficient (Wildman–Crippen LogP) is 12.8. The topological polar surface area (TPSA) is 26.3 Å². The van der Waals surface area contributed by atoms with E-state index in [4.69, 9.17) is 4.74 Å². The van der Waals surface area contributed by atoms with Crippen LogP contribution in [0.4, 0.5) is 0 Å². The number of fused-ring (bicyclic) bond motifs is 5. The van der Waals surface area contributed by atoms with Crippen molar-refractivity contribution in [1.29, 1.82) is 0 Å². The van der Waals surface area contributed by atoms with Crippen LogP contribution in [0.25, 0.3) is 0 Å². The van der Waals surface area contributed by atoms with E-state index < -0.39 is 0 Å². The zero-order valence-electron chi connectivity index (χ0n) is 30.8. The maximum absolute atomic E-state index is 12.8. The van der Waals surface area contributed by atoms with Gasteiger partial charge < -0.3 is 4.74 Å². The summed E-state index contributed by atoms with van der Waals surface area (Å²) in [6.45, 7) is 17.1. The molecule has 3 saturated carbocycles. The van der Waals surface area contributed by atoms with E-state index in [1.54, 1.807) is 5.57 Å². The summed E-state index contributed by atoms with van der Waals surface area (Å²) in [6.07, 6.45) is 35.5. The molecule has 0 bridgehead atoms. The zero-order valence-corrected chi connectivity index (χ0v) is 30.8. The van der Waals surface area contributed by atoms with Crippen molar-refractivity contribution in [3.8, 4) is 0 Å². The minimum atomic E-state index is 0.0454. The Morgan fingerprint density at radius 2 is 1.62 bits per heavy atom. The van der Waals surface area contributed by atoms with E-state index in [9.17, 15) is 4.79 Å². The predicted molar refractivity (Wildman–Crippen MR) is 193 cm³/mol. The molecule has 0 radical (unpaired) electrons. The molecule has 0 heterocycles. The van der Waals surface area contributed by atoms with Crippen molar-refractivity contribution in [1.82, 2.24) is 0 Å². The van der Waals surface area contributed by atoms with E-state index in [1.807, 2.05) is 0 Å². The third-order valence-corrected chi connectivity index (χ3v) is 13.7. The summed E-state index contributed by atoms with van der Waals surface area (Å²) in [5.41, 5.74) is 2.43. The van der Waals surface area contributed by atoms with Gasteiger partial charge in [-0.25, -0.2) is 0 Å². The van der Waals surface area contributed by atoms with Crippen LogP contribution in [-0.4, -0.2) is 12.1 Å². The first kappa shape index (κ1) is 36.5. The fourth-order valence-corrected chi connectivity index (χ4v) is 10.8. The molecule has 4 rings (SSSR count). The van der Waals surface area contributed by atoms with Crippen LogP contribution in [0.2, 0.25) is 0 Å². The average molecular weight is 621 g/mol. The van der Waals surface area contributed by atoms with Crippen LogP contribution < -0.4 is 0 Å². The molecular weight excluding hydrogens is 548 g/mol. The summed E-state index contributed by atoms with van der Waals surface area (Å²) in [4.78, 5) is 12.8. The Hall–Kier alpha value is -1.31. The summed E-state index contributed by atoms with van der Waals surface area (Å²) < 4.78 is 6.11. The van der Waals surface area contributed by atoms with Crippen LogP contribution in [0.1, 0.15) is 170 Å². The number of carbonyl (C=O) groups excluding carboxylic acids is 1. The van der Waals surface area contributed by atoms with E-state index >= 15 is 0 Å². The Labute approximate surface area is 279 Å². The van der Waals surface area contributed by atoms with E-state index in [2.05, 4.69) is 78.8 Å². The van der Waals surface area contributed by atoms with Crippen molar-refractivity contribution in [2.45, 2.75) is 177 Å². The van der Waals surface area contributed by atoms with Gasteiger partial charge in [0.15, 0.2) is 0 Å². The van der Waals surface area contributed by atoms with Gasteiger partial charge in [-0.3, -0.25) is 4.79 Å². The molecule has 2 nitrogen and oxygen atoms in total. The molecule has 0 aliphatic heterocycles. The molecule has 4 aliphatic carbocycles. The van der Waals surface area contributed by atoms with Crippen LogP contribution in [-0.2, 0) is 9.53 Å². The van der Waals surface area contributed by atoms with Crippen LogP contribution in [0.3, 0.4) is 0 Å². The third kappa shape index (κ3) is 8.99. The molecule has 256 valence electrons. The molecular formula is C43H72O2. The molecule has 9 atom stereocenters. The third-order valence-electron chi connectivity index (χ3n) is 13.7. The lowest BCUT2D eigenvalue weighted by molar-refractivity contribution is -0.151. The van der Waals surface area contributed by atoms with Gasteiger partial charge in [0.1, 0.15) is 6.10 Å². The van der Waals surface area contributed by atoms with Crippen LogP contribution in [0, 0.1) is 52.3 Å². The van der Waals surface area contributed by atoms with Gasteiger partial charge in [-0.2, -0.15) is 0 Å². The highest BCUT2D eigenvalue weighted by Gasteiger charge is 2.59. The second kappa shape index (κ2) is 17.2. The van der Waals surface area contributed by atoms with Crippen molar-refractivity contribution in [3.05, 3.63) is 36.0 Å². The normalized spacial score (nSPS) is 34.4. The van der Waals surface area contributed by atoms with Crippen LogP contribution in [0.15, 0.2) is 36.0 Å². The van der Waals surface area contributed by atoms with Crippen molar-refractivity contribution in [2.75, 3.05) is 0 Å². The van der Waals surface area contributed by atoms with Gasteiger partial charge >= 0.3 is 5.97 Å². The molecule has 3 fully saturated rings. The highest BCUT2D eigenvalue weighted by atomic mass is 16.5.